The number of benzene rings is 1. The highest BCUT2D eigenvalue weighted by Gasteiger charge is 2.27. The van der Waals surface area contributed by atoms with Crippen LogP contribution in [0.4, 0.5) is 5.69 Å². The summed E-state index contributed by atoms with van der Waals surface area (Å²) in [4.78, 5) is 11.8. The van der Waals surface area contributed by atoms with Crippen LogP contribution in [0.1, 0.15) is 19.4 Å². The smallest absolute Gasteiger partial charge is 0.244 e. The van der Waals surface area contributed by atoms with Gasteiger partial charge in [0.1, 0.15) is 11.5 Å². The highest BCUT2D eigenvalue weighted by Crippen LogP contribution is 2.23. The van der Waals surface area contributed by atoms with Crippen LogP contribution in [0.5, 0.6) is 0 Å². The third-order valence-electron chi connectivity index (χ3n) is 2.20. The molecule has 1 aromatic rings. The summed E-state index contributed by atoms with van der Waals surface area (Å²) in [6.07, 6.45) is 0. The fourth-order valence-corrected chi connectivity index (χ4v) is 1.41. The molecule has 0 saturated heterocycles. The fraction of sp³-hybridized carbons (Fsp3) is 0.250. The van der Waals surface area contributed by atoms with Gasteiger partial charge in [0.25, 0.3) is 0 Å². The number of anilines is 1. The van der Waals surface area contributed by atoms with Gasteiger partial charge in [0, 0.05) is 4.47 Å². The molecule has 0 aliphatic rings. The summed E-state index contributed by atoms with van der Waals surface area (Å²) in [6, 6.07) is 8.82. The van der Waals surface area contributed by atoms with E-state index < -0.39 is 11.3 Å². The Morgan fingerprint density at radius 3 is 2.59 bits per heavy atom. The summed E-state index contributed by atoms with van der Waals surface area (Å²) in [5.41, 5.74) is -0.375. The molecule has 5 heteroatoms. The Bertz CT molecular complexity index is 538. The van der Waals surface area contributed by atoms with Gasteiger partial charge >= 0.3 is 0 Å². The zero-order chi connectivity index (χ0) is 13.1. The number of carbonyl (C=O) groups excluding carboxylic acids is 1. The normalized spacial score (nSPS) is 10.2. The van der Waals surface area contributed by atoms with Crippen molar-refractivity contribution in [3.8, 4) is 12.1 Å². The Morgan fingerprint density at radius 2 is 2.06 bits per heavy atom. The van der Waals surface area contributed by atoms with Crippen molar-refractivity contribution in [1.29, 1.82) is 10.5 Å². The second-order valence-corrected chi connectivity index (χ2v) is 4.91. The Morgan fingerprint density at radius 1 is 1.41 bits per heavy atom. The molecule has 0 bridgehead atoms. The maximum atomic E-state index is 11.8. The number of nitrogens with one attached hydrogen (secondary N) is 1. The lowest BCUT2D eigenvalue weighted by Crippen LogP contribution is -2.29. The van der Waals surface area contributed by atoms with E-state index in [0.29, 0.717) is 11.3 Å². The van der Waals surface area contributed by atoms with E-state index in [1.165, 1.54) is 13.8 Å². The van der Waals surface area contributed by atoms with Gasteiger partial charge < -0.3 is 5.32 Å². The number of amides is 1. The Balaban J connectivity index is 3.05. The van der Waals surface area contributed by atoms with E-state index in [4.69, 9.17) is 10.5 Å². The van der Waals surface area contributed by atoms with E-state index in [2.05, 4.69) is 21.2 Å². The highest BCUT2D eigenvalue weighted by molar-refractivity contribution is 9.10. The molecule has 86 valence electrons. The number of halogens is 1. The molecule has 0 unspecified atom stereocenters. The molecule has 1 aromatic carbocycles. The lowest BCUT2D eigenvalue weighted by atomic mass is 9.94. The lowest BCUT2D eigenvalue weighted by molar-refractivity contribution is -0.121. The zero-order valence-corrected chi connectivity index (χ0v) is 11.0. The third-order valence-corrected chi connectivity index (χ3v) is 2.69. The van der Waals surface area contributed by atoms with E-state index in [1.54, 1.807) is 18.2 Å². The van der Waals surface area contributed by atoms with Gasteiger partial charge in [-0.05, 0) is 32.0 Å². The van der Waals surface area contributed by atoms with Crippen molar-refractivity contribution in [1.82, 2.24) is 0 Å². The number of rotatable bonds is 2. The van der Waals surface area contributed by atoms with Crippen LogP contribution in [-0.2, 0) is 4.79 Å². The molecular formula is C12H10BrN3O. The second kappa shape index (κ2) is 4.99. The molecule has 0 aromatic heterocycles. The Kier molecular flexibility index (Phi) is 3.88. The van der Waals surface area contributed by atoms with Crippen LogP contribution in [0.15, 0.2) is 22.7 Å². The zero-order valence-electron chi connectivity index (χ0n) is 9.41. The molecule has 0 aliphatic carbocycles. The monoisotopic (exact) mass is 291 g/mol. The first-order valence-corrected chi connectivity index (χ1v) is 5.62. The van der Waals surface area contributed by atoms with Crippen molar-refractivity contribution in [3.05, 3.63) is 28.2 Å². The summed E-state index contributed by atoms with van der Waals surface area (Å²) >= 11 is 3.26. The molecule has 0 spiro atoms. The SMILES string of the molecule is CC(C)(C#N)C(=O)Nc1cc(Br)ccc1C#N. The maximum Gasteiger partial charge on any atom is 0.244 e. The van der Waals surface area contributed by atoms with E-state index >= 15 is 0 Å². The molecule has 0 atom stereocenters. The average Bonchev–Trinajstić information content (AvgIpc) is 2.29. The van der Waals surface area contributed by atoms with Crippen molar-refractivity contribution >= 4 is 27.5 Å². The van der Waals surface area contributed by atoms with Crippen LogP contribution in [0.3, 0.4) is 0 Å². The first kappa shape index (κ1) is 13.2. The van der Waals surface area contributed by atoms with E-state index in [0.717, 1.165) is 4.47 Å². The largest absolute Gasteiger partial charge is 0.323 e. The Labute approximate surface area is 108 Å². The standard InChI is InChI=1S/C12H10BrN3O/c1-12(2,7-15)11(17)16-10-5-9(13)4-3-8(10)6-14/h3-5H,1-2H3,(H,16,17). The van der Waals surface area contributed by atoms with Gasteiger partial charge in [-0.25, -0.2) is 0 Å². The molecular weight excluding hydrogens is 282 g/mol. The number of carbonyl (C=O) groups is 1. The summed E-state index contributed by atoms with van der Waals surface area (Å²) < 4.78 is 0.751. The van der Waals surface area contributed by atoms with Gasteiger partial charge in [-0.2, -0.15) is 10.5 Å². The molecule has 1 N–H and O–H groups in total. The molecule has 0 aliphatic heterocycles. The first-order valence-electron chi connectivity index (χ1n) is 4.83. The van der Waals surface area contributed by atoms with Gasteiger partial charge in [0.15, 0.2) is 0 Å². The van der Waals surface area contributed by atoms with Gasteiger partial charge in [-0.1, -0.05) is 15.9 Å². The predicted molar refractivity (Wildman–Crippen MR) is 66.9 cm³/mol. The van der Waals surface area contributed by atoms with Crippen molar-refractivity contribution < 1.29 is 4.79 Å². The van der Waals surface area contributed by atoms with Crippen LogP contribution in [0.2, 0.25) is 0 Å². The fourth-order valence-electron chi connectivity index (χ4n) is 1.05. The molecule has 1 rings (SSSR count). The van der Waals surface area contributed by atoms with Gasteiger partial charge in [0.05, 0.1) is 17.3 Å². The summed E-state index contributed by atoms with van der Waals surface area (Å²) in [5, 5.41) is 20.3. The number of nitrogens with zero attached hydrogens (tertiary/aromatic N) is 2. The highest BCUT2D eigenvalue weighted by atomic mass is 79.9. The van der Waals surface area contributed by atoms with Crippen molar-refractivity contribution in [2.24, 2.45) is 5.41 Å². The maximum absolute atomic E-state index is 11.8. The first-order chi connectivity index (χ1) is 7.90. The lowest BCUT2D eigenvalue weighted by Gasteiger charge is -2.15. The summed E-state index contributed by atoms with van der Waals surface area (Å²) in [7, 11) is 0. The van der Waals surface area contributed by atoms with Gasteiger partial charge in [0.2, 0.25) is 5.91 Å². The molecule has 0 saturated carbocycles. The molecule has 0 heterocycles. The molecule has 17 heavy (non-hydrogen) atoms. The van der Waals surface area contributed by atoms with E-state index in [9.17, 15) is 4.79 Å². The third kappa shape index (κ3) is 3.05. The van der Waals surface area contributed by atoms with Crippen LogP contribution >= 0.6 is 15.9 Å². The minimum absolute atomic E-state index is 0.357. The molecule has 1 amide bonds. The van der Waals surface area contributed by atoms with E-state index in [-0.39, 0.29) is 0 Å². The Hall–Kier alpha value is -1.85. The van der Waals surface area contributed by atoms with Gasteiger partial charge in [-0.15, -0.1) is 0 Å². The van der Waals surface area contributed by atoms with Crippen LogP contribution < -0.4 is 5.32 Å². The molecule has 4 nitrogen and oxygen atoms in total. The molecule has 0 fully saturated rings. The number of hydrogen-bond acceptors (Lipinski definition) is 3. The van der Waals surface area contributed by atoms with Crippen LogP contribution in [0, 0.1) is 28.1 Å². The van der Waals surface area contributed by atoms with Crippen molar-refractivity contribution in [2.45, 2.75) is 13.8 Å². The minimum atomic E-state index is -1.13. The van der Waals surface area contributed by atoms with Crippen LogP contribution in [-0.4, -0.2) is 5.91 Å². The average molecular weight is 292 g/mol. The quantitative estimate of drug-likeness (QED) is 0.910. The van der Waals surface area contributed by atoms with Crippen molar-refractivity contribution in [3.63, 3.8) is 0 Å². The summed E-state index contributed by atoms with van der Waals surface area (Å²) in [5.74, 6) is -0.436. The number of nitriles is 2. The molecule has 0 radical (unpaired) electrons. The van der Waals surface area contributed by atoms with Crippen LogP contribution in [0.25, 0.3) is 0 Å². The topological polar surface area (TPSA) is 76.7 Å². The van der Waals surface area contributed by atoms with Gasteiger partial charge in [-0.3, -0.25) is 4.79 Å². The number of hydrogen-bond donors (Lipinski definition) is 1. The minimum Gasteiger partial charge on any atom is -0.323 e. The van der Waals surface area contributed by atoms with E-state index in [1.807, 2.05) is 12.1 Å². The predicted octanol–water partition coefficient (Wildman–Crippen LogP) is 2.81. The summed E-state index contributed by atoms with van der Waals surface area (Å²) in [6.45, 7) is 3.04. The van der Waals surface area contributed by atoms with Crippen molar-refractivity contribution in [2.75, 3.05) is 5.32 Å². The second-order valence-electron chi connectivity index (χ2n) is 3.99.